The molecule has 1 aliphatic carbocycles. The number of carbonyl (C=O) groups is 1. The molecule has 1 fully saturated rings. The van der Waals surface area contributed by atoms with Crippen molar-refractivity contribution in [3.05, 3.63) is 35.4 Å². The van der Waals surface area contributed by atoms with E-state index in [1.807, 2.05) is 0 Å². The number of nitrogens with one attached hydrogen (secondary N) is 1. The van der Waals surface area contributed by atoms with E-state index in [9.17, 15) is 4.79 Å². The lowest BCUT2D eigenvalue weighted by Crippen LogP contribution is -2.53. The van der Waals surface area contributed by atoms with Gasteiger partial charge in [-0.3, -0.25) is 4.79 Å². The zero-order valence-corrected chi connectivity index (χ0v) is 13.5. The molecule has 2 rings (SSSR count). The lowest BCUT2D eigenvalue weighted by molar-refractivity contribution is -0.123. The number of hydrogen-bond donors (Lipinski definition) is 2. The summed E-state index contributed by atoms with van der Waals surface area (Å²) in [4.78, 5) is 12.1. The molecule has 1 atom stereocenters. The highest BCUT2D eigenvalue weighted by Crippen LogP contribution is 2.39. The van der Waals surface area contributed by atoms with E-state index >= 15 is 0 Å². The minimum atomic E-state index is -0.210. The summed E-state index contributed by atoms with van der Waals surface area (Å²) in [6.07, 6.45) is 3.69. The monoisotopic (exact) mass is 288 g/mol. The van der Waals surface area contributed by atoms with E-state index in [1.165, 1.54) is 24.0 Å². The van der Waals surface area contributed by atoms with Crippen LogP contribution in [0.15, 0.2) is 24.3 Å². The first-order chi connectivity index (χ1) is 9.94. The normalized spacial score (nSPS) is 17.6. The second kappa shape index (κ2) is 6.61. The van der Waals surface area contributed by atoms with Gasteiger partial charge in [-0.25, -0.2) is 0 Å². The van der Waals surface area contributed by atoms with Gasteiger partial charge in [0.15, 0.2) is 0 Å². The van der Waals surface area contributed by atoms with Gasteiger partial charge < -0.3 is 11.1 Å². The molecule has 0 bridgehead atoms. The third kappa shape index (κ3) is 4.31. The van der Waals surface area contributed by atoms with E-state index in [0.717, 1.165) is 6.42 Å². The summed E-state index contributed by atoms with van der Waals surface area (Å²) in [6, 6.07) is 8.58. The number of amides is 1. The standard InChI is InChI=1S/C18H28N2O/c1-13(2)15-7-4-14(5-8-15)6-11-17(21)20-18(3,12-19)16-9-10-16/h4-5,7-8,13,16H,6,9-12,19H2,1-3H3,(H,20,21). The molecule has 0 radical (unpaired) electrons. The molecule has 1 amide bonds. The fraction of sp³-hybridized carbons (Fsp3) is 0.611. The van der Waals surface area contributed by atoms with E-state index < -0.39 is 0 Å². The molecule has 1 aromatic carbocycles. The van der Waals surface area contributed by atoms with Crippen molar-refractivity contribution in [2.45, 2.75) is 57.9 Å². The second-order valence-electron chi connectivity index (χ2n) is 6.84. The molecule has 0 spiro atoms. The van der Waals surface area contributed by atoms with Crippen molar-refractivity contribution in [3.8, 4) is 0 Å². The summed E-state index contributed by atoms with van der Waals surface area (Å²) >= 11 is 0. The van der Waals surface area contributed by atoms with Gasteiger partial charge in [0.25, 0.3) is 0 Å². The Morgan fingerprint density at radius 3 is 2.43 bits per heavy atom. The van der Waals surface area contributed by atoms with Gasteiger partial charge in [0.2, 0.25) is 5.91 Å². The van der Waals surface area contributed by atoms with Crippen molar-refractivity contribution in [2.75, 3.05) is 6.54 Å². The molecule has 0 heterocycles. The Kier molecular flexibility index (Phi) is 5.04. The van der Waals surface area contributed by atoms with Gasteiger partial charge in [-0.1, -0.05) is 38.1 Å². The minimum absolute atomic E-state index is 0.114. The number of rotatable bonds is 7. The van der Waals surface area contributed by atoms with Crippen LogP contribution in [0.2, 0.25) is 0 Å². The number of carbonyl (C=O) groups excluding carboxylic acids is 1. The topological polar surface area (TPSA) is 55.1 Å². The van der Waals surface area contributed by atoms with Crippen molar-refractivity contribution in [3.63, 3.8) is 0 Å². The van der Waals surface area contributed by atoms with Gasteiger partial charge in [-0.15, -0.1) is 0 Å². The lowest BCUT2D eigenvalue weighted by atomic mass is 9.95. The Morgan fingerprint density at radius 1 is 1.33 bits per heavy atom. The highest BCUT2D eigenvalue weighted by Gasteiger charge is 2.41. The van der Waals surface area contributed by atoms with Crippen molar-refractivity contribution in [1.82, 2.24) is 5.32 Å². The van der Waals surface area contributed by atoms with E-state index in [-0.39, 0.29) is 11.4 Å². The SMILES string of the molecule is CC(C)c1ccc(CCC(=O)NC(C)(CN)C2CC2)cc1. The van der Waals surface area contributed by atoms with E-state index in [2.05, 4.69) is 50.4 Å². The summed E-state index contributed by atoms with van der Waals surface area (Å²) in [5.41, 5.74) is 8.18. The Labute approximate surface area is 128 Å². The average molecular weight is 288 g/mol. The Bertz CT molecular complexity index is 476. The third-order valence-electron chi connectivity index (χ3n) is 4.61. The van der Waals surface area contributed by atoms with Crippen LogP contribution in [-0.4, -0.2) is 18.0 Å². The van der Waals surface area contributed by atoms with Gasteiger partial charge in [0.05, 0.1) is 5.54 Å². The molecule has 3 nitrogen and oxygen atoms in total. The van der Waals surface area contributed by atoms with Crippen LogP contribution in [0.4, 0.5) is 0 Å². The van der Waals surface area contributed by atoms with Crippen LogP contribution in [0.5, 0.6) is 0 Å². The van der Waals surface area contributed by atoms with Crippen LogP contribution in [0.1, 0.15) is 57.1 Å². The summed E-state index contributed by atoms with van der Waals surface area (Å²) in [6.45, 7) is 6.97. The second-order valence-corrected chi connectivity index (χ2v) is 6.84. The van der Waals surface area contributed by atoms with Crippen LogP contribution in [0.25, 0.3) is 0 Å². The summed E-state index contributed by atoms with van der Waals surface area (Å²) < 4.78 is 0. The van der Waals surface area contributed by atoms with Crippen molar-refractivity contribution < 1.29 is 4.79 Å². The maximum atomic E-state index is 12.1. The summed E-state index contributed by atoms with van der Waals surface area (Å²) in [5.74, 6) is 1.23. The van der Waals surface area contributed by atoms with E-state index in [0.29, 0.717) is 24.8 Å². The molecule has 21 heavy (non-hydrogen) atoms. The quantitative estimate of drug-likeness (QED) is 0.810. The summed E-state index contributed by atoms with van der Waals surface area (Å²) in [7, 11) is 0. The molecule has 0 aromatic heterocycles. The molecule has 116 valence electrons. The van der Waals surface area contributed by atoms with Crippen LogP contribution >= 0.6 is 0 Å². The van der Waals surface area contributed by atoms with Crippen LogP contribution < -0.4 is 11.1 Å². The molecule has 1 aliphatic rings. The highest BCUT2D eigenvalue weighted by atomic mass is 16.1. The number of hydrogen-bond acceptors (Lipinski definition) is 2. The Morgan fingerprint density at radius 2 is 1.95 bits per heavy atom. The van der Waals surface area contributed by atoms with Crippen molar-refractivity contribution in [2.24, 2.45) is 11.7 Å². The predicted octanol–water partition coefficient (Wildman–Crippen LogP) is 2.99. The maximum absolute atomic E-state index is 12.1. The molecular formula is C18H28N2O. The molecular weight excluding hydrogens is 260 g/mol. The zero-order valence-electron chi connectivity index (χ0n) is 13.5. The molecule has 1 unspecified atom stereocenters. The van der Waals surface area contributed by atoms with Crippen LogP contribution in [0.3, 0.4) is 0 Å². The smallest absolute Gasteiger partial charge is 0.220 e. The molecule has 1 aromatic rings. The van der Waals surface area contributed by atoms with E-state index in [1.54, 1.807) is 0 Å². The number of aryl methyl sites for hydroxylation is 1. The first-order valence-electron chi connectivity index (χ1n) is 8.04. The lowest BCUT2D eigenvalue weighted by Gasteiger charge is -2.29. The first-order valence-corrected chi connectivity index (χ1v) is 8.04. The van der Waals surface area contributed by atoms with Crippen LogP contribution in [0, 0.1) is 5.92 Å². The van der Waals surface area contributed by atoms with Crippen molar-refractivity contribution >= 4 is 5.91 Å². The van der Waals surface area contributed by atoms with Gasteiger partial charge in [0, 0.05) is 13.0 Å². The fourth-order valence-electron chi connectivity index (χ4n) is 2.75. The fourth-order valence-corrected chi connectivity index (χ4v) is 2.75. The van der Waals surface area contributed by atoms with Gasteiger partial charge in [-0.05, 0) is 49.1 Å². The molecule has 3 N–H and O–H groups in total. The first kappa shape index (κ1) is 16.0. The summed E-state index contributed by atoms with van der Waals surface area (Å²) in [5, 5.41) is 3.14. The minimum Gasteiger partial charge on any atom is -0.349 e. The van der Waals surface area contributed by atoms with Gasteiger partial charge in [0.1, 0.15) is 0 Å². The molecule has 3 heteroatoms. The van der Waals surface area contributed by atoms with Gasteiger partial charge in [-0.2, -0.15) is 0 Å². The predicted molar refractivity (Wildman–Crippen MR) is 87.2 cm³/mol. The third-order valence-corrected chi connectivity index (χ3v) is 4.61. The van der Waals surface area contributed by atoms with Crippen LogP contribution in [-0.2, 0) is 11.2 Å². The Balaban J connectivity index is 1.83. The van der Waals surface area contributed by atoms with E-state index in [4.69, 9.17) is 5.73 Å². The Hall–Kier alpha value is -1.35. The van der Waals surface area contributed by atoms with Gasteiger partial charge >= 0.3 is 0 Å². The number of benzene rings is 1. The molecule has 0 saturated heterocycles. The number of nitrogens with two attached hydrogens (primary N) is 1. The highest BCUT2D eigenvalue weighted by molar-refractivity contribution is 5.77. The molecule has 0 aliphatic heterocycles. The largest absolute Gasteiger partial charge is 0.349 e. The average Bonchev–Trinajstić information content (AvgIpc) is 3.30. The maximum Gasteiger partial charge on any atom is 0.220 e. The molecule has 1 saturated carbocycles. The zero-order chi connectivity index (χ0) is 15.5. The van der Waals surface area contributed by atoms with Crippen molar-refractivity contribution in [1.29, 1.82) is 0 Å².